The van der Waals surface area contributed by atoms with Gasteiger partial charge in [0.15, 0.2) is 0 Å². The normalized spacial score (nSPS) is 9.00. The summed E-state index contributed by atoms with van der Waals surface area (Å²) < 4.78 is 0. The summed E-state index contributed by atoms with van der Waals surface area (Å²) in [5, 5.41) is 0. The molecular weight excluding hydrogens is 128 g/mol. The summed E-state index contributed by atoms with van der Waals surface area (Å²) in [6, 6.07) is 0. The van der Waals surface area contributed by atoms with Gasteiger partial charge in [0.1, 0.15) is 0 Å². The van der Waals surface area contributed by atoms with Crippen LogP contribution in [0.3, 0.4) is 0 Å². The van der Waals surface area contributed by atoms with Crippen LogP contribution in [0.15, 0.2) is 0 Å². The third-order valence-electron chi connectivity index (χ3n) is 0. The van der Waals surface area contributed by atoms with Crippen molar-refractivity contribution in [2.24, 2.45) is 0 Å². The second kappa shape index (κ2) is 7.43. The Morgan fingerprint density at radius 2 is 0.500 bits per heavy atom. The molecule has 0 aliphatic heterocycles. The smallest absolute Gasteiger partial charge is 0.0379 e. The lowest BCUT2D eigenvalue weighted by molar-refractivity contribution is 1.91. The molecule has 0 bridgehead atoms. The number of hydrogen-bond acceptors (Lipinski definition) is 0. The van der Waals surface area contributed by atoms with E-state index in [4.69, 9.17) is 0 Å². The molecule has 0 amide bonds. The Morgan fingerprint density at radius 3 is 0.500 bits per heavy atom. The van der Waals surface area contributed by atoms with Gasteiger partial charge in [-0.3, -0.25) is 0 Å². The van der Waals surface area contributed by atoms with Crippen LogP contribution in [0.25, 0.3) is 0 Å². The molecule has 0 nitrogen and oxygen atoms in total. The molecular formula is C6H18Si2. The lowest BCUT2D eigenvalue weighted by atomic mass is 11.8. The average molecular weight is 146 g/mol. The molecule has 0 unspecified atom stereocenters. The molecule has 0 aromatic heterocycles. The fourth-order valence-electron chi connectivity index (χ4n) is 0. The van der Waals surface area contributed by atoms with E-state index in [1.165, 1.54) is 0 Å². The number of rotatable bonds is 0. The molecule has 0 aromatic rings. The zero-order valence-electron chi connectivity index (χ0n) is 7.00. The second-order valence-electron chi connectivity index (χ2n) is 3.00. The van der Waals surface area contributed by atoms with Crippen LogP contribution in [0.4, 0.5) is 0 Å². The lowest BCUT2D eigenvalue weighted by Gasteiger charge is -1.75. The molecule has 2 heteroatoms. The van der Waals surface area contributed by atoms with Crippen molar-refractivity contribution < 1.29 is 0 Å². The van der Waals surface area contributed by atoms with Crippen molar-refractivity contribution in [1.82, 2.24) is 0 Å². The van der Waals surface area contributed by atoms with E-state index in [0.717, 1.165) is 0 Å². The van der Waals surface area contributed by atoms with Gasteiger partial charge < -0.3 is 0 Å². The molecule has 0 heterocycles. The SMILES string of the molecule is C[Si](C)C.C[Si](C)C. The van der Waals surface area contributed by atoms with Gasteiger partial charge in [0, 0.05) is 17.6 Å². The molecule has 0 saturated heterocycles. The van der Waals surface area contributed by atoms with E-state index >= 15 is 0 Å². The first-order valence-electron chi connectivity index (χ1n) is 3.00. The summed E-state index contributed by atoms with van der Waals surface area (Å²) in [5.74, 6) is 0. The molecule has 0 aliphatic carbocycles. The maximum atomic E-state index is 2.27. The molecule has 0 rings (SSSR count). The molecule has 2 radical (unpaired) electrons. The highest BCUT2D eigenvalue weighted by Crippen LogP contribution is 1.68. The Bertz CT molecular complexity index is 22.0. The maximum Gasteiger partial charge on any atom is 0.0379 e. The molecule has 0 N–H and O–H groups in total. The van der Waals surface area contributed by atoms with Crippen molar-refractivity contribution in [3.05, 3.63) is 0 Å². The van der Waals surface area contributed by atoms with Gasteiger partial charge in [0.25, 0.3) is 0 Å². The van der Waals surface area contributed by atoms with Gasteiger partial charge >= 0.3 is 0 Å². The molecule has 0 aliphatic rings. The minimum atomic E-state index is 0.120. The van der Waals surface area contributed by atoms with E-state index in [2.05, 4.69) is 39.3 Å². The minimum absolute atomic E-state index is 0.120. The predicted molar refractivity (Wildman–Crippen MR) is 46.7 cm³/mol. The largest absolute Gasteiger partial charge is 0.0715 e. The summed E-state index contributed by atoms with van der Waals surface area (Å²) in [5.41, 5.74) is 0. The maximum absolute atomic E-state index is 2.27. The van der Waals surface area contributed by atoms with Gasteiger partial charge in [-0.25, -0.2) is 0 Å². The van der Waals surface area contributed by atoms with Crippen molar-refractivity contribution in [2.75, 3.05) is 0 Å². The van der Waals surface area contributed by atoms with Crippen LogP contribution >= 0.6 is 0 Å². The first-order chi connectivity index (χ1) is 3.46. The van der Waals surface area contributed by atoms with Crippen LogP contribution in [-0.2, 0) is 0 Å². The first kappa shape index (κ1) is 11.3. The van der Waals surface area contributed by atoms with Crippen LogP contribution in [0.2, 0.25) is 39.3 Å². The summed E-state index contributed by atoms with van der Waals surface area (Å²) in [6.07, 6.45) is 0. The van der Waals surface area contributed by atoms with Crippen LogP contribution in [-0.4, -0.2) is 17.6 Å². The standard InChI is InChI=1S/2C3H9Si/c2*1-4(2)3/h2*1-3H3. The first-order valence-corrected chi connectivity index (χ1v) is 9.00. The van der Waals surface area contributed by atoms with E-state index < -0.39 is 0 Å². The molecule has 0 aromatic carbocycles. The average Bonchev–Trinajstić information content (AvgIpc) is 1.25. The quantitative estimate of drug-likeness (QED) is 0.461. The Balaban J connectivity index is 0. The monoisotopic (exact) mass is 146 g/mol. The van der Waals surface area contributed by atoms with Gasteiger partial charge in [-0.05, 0) is 0 Å². The van der Waals surface area contributed by atoms with E-state index in [0.29, 0.717) is 0 Å². The third-order valence-corrected chi connectivity index (χ3v) is 0. The summed E-state index contributed by atoms with van der Waals surface area (Å²) in [6.45, 7) is 13.6. The summed E-state index contributed by atoms with van der Waals surface area (Å²) in [7, 11) is 0.241. The highest BCUT2D eigenvalue weighted by atomic mass is 28.3. The van der Waals surface area contributed by atoms with Crippen LogP contribution in [0.1, 0.15) is 0 Å². The topological polar surface area (TPSA) is 0 Å². The zero-order chi connectivity index (χ0) is 7.15. The Kier molecular flexibility index (Phi) is 10.5. The van der Waals surface area contributed by atoms with Crippen molar-refractivity contribution in [3.8, 4) is 0 Å². The fraction of sp³-hybridized carbons (Fsp3) is 1.00. The zero-order valence-corrected chi connectivity index (χ0v) is 9.00. The molecule has 0 atom stereocenters. The Labute approximate surface area is 57.5 Å². The molecule has 0 saturated carbocycles. The minimum Gasteiger partial charge on any atom is -0.0715 e. The van der Waals surface area contributed by atoms with Crippen LogP contribution in [0, 0.1) is 0 Å². The van der Waals surface area contributed by atoms with E-state index in [9.17, 15) is 0 Å². The van der Waals surface area contributed by atoms with Crippen LogP contribution < -0.4 is 0 Å². The van der Waals surface area contributed by atoms with Crippen molar-refractivity contribution in [3.63, 3.8) is 0 Å². The Morgan fingerprint density at radius 1 is 0.500 bits per heavy atom. The van der Waals surface area contributed by atoms with Crippen molar-refractivity contribution >= 4 is 17.6 Å². The van der Waals surface area contributed by atoms with Gasteiger partial charge in [-0.15, -0.1) is 0 Å². The number of hydrogen-bond donors (Lipinski definition) is 0. The van der Waals surface area contributed by atoms with Crippen LogP contribution in [0.5, 0.6) is 0 Å². The van der Waals surface area contributed by atoms with Crippen molar-refractivity contribution in [2.45, 2.75) is 39.3 Å². The molecule has 8 heavy (non-hydrogen) atoms. The van der Waals surface area contributed by atoms with E-state index in [1.54, 1.807) is 0 Å². The third kappa shape index (κ3) is 1010. The van der Waals surface area contributed by atoms with Gasteiger partial charge in [0.2, 0.25) is 0 Å². The lowest BCUT2D eigenvalue weighted by Crippen LogP contribution is -1.84. The summed E-state index contributed by atoms with van der Waals surface area (Å²) in [4.78, 5) is 0. The Hall–Kier alpha value is 0.434. The van der Waals surface area contributed by atoms with Gasteiger partial charge in [0.05, 0.1) is 0 Å². The van der Waals surface area contributed by atoms with Gasteiger partial charge in [-0.1, -0.05) is 39.3 Å². The highest BCUT2D eigenvalue weighted by molar-refractivity contribution is 6.54. The second-order valence-corrected chi connectivity index (χ2v) is 9.00. The molecule has 0 fully saturated rings. The molecule has 0 spiro atoms. The van der Waals surface area contributed by atoms with Gasteiger partial charge in [-0.2, -0.15) is 0 Å². The fourth-order valence-corrected chi connectivity index (χ4v) is 0. The van der Waals surface area contributed by atoms with E-state index in [1.807, 2.05) is 0 Å². The predicted octanol–water partition coefficient (Wildman–Crippen LogP) is 2.74. The molecule has 50 valence electrons. The van der Waals surface area contributed by atoms with E-state index in [-0.39, 0.29) is 17.6 Å². The summed E-state index contributed by atoms with van der Waals surface area (Å²) >= 11 is 0. The highest BCUT2D eigenvalue weighted by Gasteiger charge is 1.72. The van der Waals surface area contributed by atoms with Crippen molar-refractivity contribution in [1.29, 1.82) is 0 Å².